The first-order valence-electron chi connectivity index (χ1n) is 10.8. The van der Waals surface area contributed by atoms with E-state index in [1.54, 1.807) is 6.21 Å². The number of carbonyl (C=O) groups excluding carboxylic acids is 2. The van der Waals surface area contributed by atoms with E-state index in [2.05, 4.69) is 30.1 Å². The molecule has 1 aromatic carbocycles. The van der Waals surface area contributed by atoms with E-state index < -0.39 is 23.6 Å². The number of amides is 1. The Balaban J connectivity index is 1.40. The summed E-state index contributed by atoms with van der Waals surface area (Å²) in [6.07, 6.45) is -0.902. The van der Waals surface area contributed by atoms with Crippen LogP contribution in [0.3, 0.4) is 0 Å². The van der Waals surface area contributed by atoms with Gasteiger partial charge in [-0.15, -0.1) is 5.10 Å². The van der Waals surface area contributed by atoms with Gasteiger partial charge in [-0.2, -0.15) is 18.3 Å². The fourth-order valence-corrected chi connectivity index (χ4v) is 4.33. The van der Waals surface area contributed by atoms with Crippen LogP contribution in [-0.2, 0) is 20.5 Å². The molecule has 0 unspecified atom stereocenters. The molecule has 9 nitrogen and oxygen atoms in total. The molecule has 3 heterocycles. The van der Waals surface area contributed by atoms with E-state index in [0.29, 0.717) is 32.0 Å². The molecule has 0 atom stereocenters. The van der Waals surface area contributed by atoms with Crippen LogP contribution in [0.5, 0.6) is 0 Å². The summed E-state index contributed by atoms with van der Waals surface area (Å²) >= 11 is 0.982. The first-order chi connectivity index (χ1) is 17.2. The number of esters is 1. The number of para-hydroxylation sites is 1. The summed E-state index contributed by atoms with van der Waals surface area (Å²) in [5.74, 6) is -0.592. The van der Waals surface area contributed by atoms with E-state index in [1.807, 2.05) is 29.2 Å². The number of alkyl halides is 3. The van der Waals surface area contributed by atoms with Crippen LogP contribution in [0.25, 0.3) is 0 Å². The van der Waals surface area contributed by atoms with Crippen LogP contribution in [-0.4, -0.2) is 61.5 Å². The number of nitrogens with zero attached hydrogens (tertiary/aromatic N) is 5. The minimum Gasteiger partial charge on any atom is -0.466 e. The van der Waals surface area contributed by atoms with Crippen molar-refractivity contribution in [3.8, 4) is 0 Å². The summed E-state index contributed by atoms with van der Waals surface area (Å²) in [5.41, 5.74) is 0.964. The molecule has 36 heavy (non-hydrogen) atoms. The van der Waals surface area contributed by atoms with Crippen molar-refractivity contribution < 1.29 is 27.5 Å². The lowest BCUT2D eigenvalue weighted by Gasteiger charge is -2.37. The van der Waals surface area contributed by atoms with E-state index >= 15 is 0 Å². The van der Waals surface area contributed by atoms with Gasteiger partial charge in [0.25, 0.3) is 5.91 Å². The zero-order chi connectivity index (χ0) is 25.7. The third-order valence-corrected chi connectivity index (χ3v) is 6.30. The second kappa shape index (κ2) is 10.8. The summed E-state index contributed by atoms with van der Waals surface area (Å²) in [4.78, 5) is 31.5. The highest BCUT2D eigenvalue weighted by molar-refractivity contribution is 8.18. The number of halogens is 3. The maximum atomic E-state index is 12.8. The Kier molecular flexibility index (Phi) is 7.58. The number of piperazine rings is 1. The molecule has 4 rings (SSSR count). The number of aromatic nitrogens is 1. The number of benzene rings is 1. The zero-order valence-corrected chi connectivity index (χ0v) is 19.8. The molecule has 2 aliphatic heterocycles. The quantitative estimate of drug-likeness (QED) is 0.281. The Labute approximate surface area is 208 Å². The van der Waals surface area contributed by atoms with Crippen LogP contribution in [0.1, 0.15) is 11.1 Å². The molecule has 1 amide bonds. The van der Waals surface area contributed by atoms with Crippen LogP contribution in [0.2, 0.25) is 0 Å². The van der Waals surface area contributed by atoms with Gasteiger partial charge in [-0.05, 0) is 30.0 Å². The number of hydrogen-bond acceptors (Lipinski definition) is 9. The van der Waals surface area contributed by atoms with Gasteiger partial charge in [0.15, 0.2) is 5.17 Å². The van der Waals surface area contributed by atoms with Gasteiger partial charge in [-0.3, -0.25) is 10.1 Å². The third-order valence-electron chi connectivity index (χ3n) is 5.40. The van der Waals surface area contributed by atoms with Gasteiger partial charge in [0.1, 0.15) is 5.82 Å². The van der Waals surface area contributed by atoms with Gasteiger partial charge in [-0.1, -0.05) is 18.2 Å². The molecular formula is C23H21F3N6O3S. The largest absolute Gasteiger partial charge is 0.466 e. The van der Waals surface area contributed by atoms with Gasteiger partial charge < -0.3 is 14.5 Å². The molecule has 2 saturated heterocycles. The number of anilines is 2. The average molecular weight is 519 g/mol. The Hall–Kier alpha value is -3.87. The van der Waals surface area contributed by atoms with E-state index in [9.17, 15) is 22.8 Å². The van der Waals surface area contributed by atoms with Crippen molar-refractivity contribution in [1.29, 1.82) is 0 Å². The van der Waals surface area contributed by atoms with Crippen molar-refractivity contribution in [2.75, 3.05) is 43.1 Å². The number of nitrogens with one attached hydrogen (secondary N) is 1. The summed E-state index contributed by atoms with van der Waals surface area (Å²) in [7, 11) is 1.22. The smallest absolute Gasteiger partial charge is 0.417 e. The predicted octanol–water partition coefficient (Wildman–Crippen LogP) is 3.04. The number of thioether (sulfide) groups is 1. The molecule has 1 aromatic heterocycles. The minimum absolute atomic E-state index is 0.164. The molecule has 2 fully saturated rings. The maximum absolute atomic E-state index is 12.8. The Morgan fingerprint density at radius 3 is 2.53 bits per heavy atom. The van der Waals surface area contributed by atoms with E-state index in [-0.39, 0.29) is 10.1 Å². The Morgan fingerprint density at radius 1 is 1.14 bits per heavy atom. The minimum atomic E-state index is -4.41. The van der Waals surface area contributed by atoms with Crippen molar-refractivity contribution in [2.45, 2.75) is 6.18 Å². The number of ether oxygens (including phenoxy) is 1. The third kappa shape index (κ3) is 6.03. The van der Waals surface area contributed by atoms with Gasteiger partial charge in [0.2, 0.25) is 0 Å². The normalized spacial score (nSPS) is 18.8. The molecule has 0 spiro atoms. The second-order valence-corrected chi connectivity index (χ2v) is 8.70. The van der Waals surface area contributed by atoms with E-state index in [1.165, 1.54) is 13.2 Å². The van der Waals surface area contributed by atoms with Gasteiger partial charge in [-0.25, -0.2) is 9.78 Å². The molecule has 2 aromatic rings. The molecule has 1 N–H and O–H groups in total. The van der Waals surface area contributed by atoms with Crippen LogP contribution in [0, 0.1) is 0 Å². The van der Waals surface area contributed by atoms with Crippen LogP contribution in [0.4, 0.5) is 24.7 Å². The number of methoxy groups -OCH3 is 1. The highest BCUT2D eigenvalue weighted by atomic mass is 32.2. The van der Waals surface area contributed by atoms with E-state index in [4.69, 9.17) is 0 Å². The van der Waals surface area contributed by atoms with Crippen LogP contribution >= 0.6 is 11.8 Å². The Bertz CT molecular complexity index is 1220. The monoisotopic (exact) mass is 518 g/mol. The fourth-order valence-electron chi connectivity index (χ4n) is 3.59. The van der Waals surface area contributed by atoms with Gasteiger partial charge >= 0.3 is 12.1 Å². The number of hydrogen-bond donors (Lipinski definition) is 1. The molecule has 0 aliphatic carbocycles. The average Bonchev–Trinajstić information content (AvgIpc) is 3.22. The Morgan fingerprint density at radius 2 is 1.86 bits per heavy atom. The van der Waals surface area contributed by atoms with Crippen molar-refractivity contribution in [1.82, 2.24) is 10.3 Å². The van der Waals surface area contributed by atoms with Gasteiger partial charge in [0.05, 0.1) is 23.8 Å². The fraction of sp³-hybridized carbons (Fsp3) is 0.261. The first-order valence-corrected chi connectivity index (χ1v) is 11.6. The number of amidine groups is 1. The molecule has 188 valence electrons. The lowest BCUT2D eigenvalue weighted by molar-refractivity contribution is -0.138. The lowest BCUT2D eigenvalue weighted by atomic mass is 10.1. The van der Waals surface area contributed by atoms with Crippen molar-refractivity contribution in [3.05, 3.63) is 64.7 Å². The molecule has 0 bridgehead atoms. The summed E-state index contributed by atoms with van der Waals surface area (Å²) in [6, 6.07) is 10.0. The molecule has 0 radical (unpaired) electrons. The van der Waals surface area contributed by atoms with Crippen molar-refractivity contribution in [3.63, 3.8) is 0 Å². The van der Waals surface area contributed by atoms with Crippen molar-refractivity contribution >= 4 is 46.5 Å². The molecule has 13 heteroatoms. The highest BCUT2D eigenvalue weighted by Crippen LogP contribution is 2.30. The topological polar surface area (TPSA) is 99.5 Å². The second-order valence-electron chi connectivity index (χ2n) is 7.67. The predicted molar refractivity (Wildman–Crippen MR) is 131 cm³/mol. The first kappa shape index (κ1) is 25.2. The highest BCUT2D eigenvalue weighted by Gasteiger charge is 2.31. The number of carbonyl (C=O) groups is 2. The molecule has 2 aliphatic rings. The summed E-state index contributed by atoms with van der Waals surface area (Å²) < 4.78 is 42.9. The number of pyridine rings is 1. The maximum Gasteiger partial charge on any atom is 0.417 e. The van der Waals surface area contributed by atoms with Gasteiger partial charge in [0, 0.05) is 49.7 Å². The SMILES string of the molecule is COC(=O)/C=C1/S/C(=N\N=Cc2ccccc2N2CCN(c3ccc(C(F)(F)F)cn3)CC2)NC1=O. The summed E-state index contributed by atoms with van der Waals surface area (Å²) in [5, 5.41) is 10.9. The van der Waals surface area contributed by atoms with Crippen LogP contribution in [0.15, 0.2) is 63.8 Å². The molecule has 0 saturated carbocycles. The van der Waals surface area contributed by atoms with Crippen molar-refractivity contribution in [2.24, 2.45) is 10.2 Å². The zero-order valence-electron chi connectivity index (χ0n) is 19.0. The molecular weight excluding hydrogens is 497 g/mol. The standard InChI is InChI=1S/C23H21F3N6O3S/c1-35-20(33)12-18-21(34)29-22(36-18)30-28-13-15-4-2-3-5-17(15)31-8-10-32(11-9-31)19-7-6-16(14-27-19)23(24,25)26/h2-7,12-14H,8-11H2,1H3,(H,29,30,34)/b18-12+,28-13?. The van der Waals surface area contributed by atoms with Crippen LogP contribution < -0.4 is 15.1 Å². The van der Waals surface area contributed by atoms with E-state index in [0.717, 1.165) is 41.4 Å². The summed E-state index contributed by atoms with van der Waals surface area (Å²) in [6.45, 7) is 2.44. The number of rotatable bonds is 5. The lowest BCUT2D eigenvalue weighted by Crippen LogP contribution is -2.47.